The number of hydrogen-bond acceptors (Lipinski definition) is 2. The van der Waals surface area contributed by atoms with Crippen molar-refractivity contribution in [3.63, 3.8) is 0 Å². The van der Waals surface area contributed by atoms with Gasteiger partial charge in [0.25, 0.3) is 0 Å². The molecule has 0 N–H and O–H groups in total. The average molecular weight is 307 g/mol. The topological polar surface area (TPSA) is 26.3 Å². The Balaban J connectivity index is 1.69. The van der Waals surface area contributed by atoms with Gasteiger partial charge >= 0.3 is 5.97 Å². The number of allylic oxidation sites excluding steroid dienone is 2. The van der Waals surface area contributed by atoms with E-state index in [2.05, 4.69) is 31.8 Å². The molecule has 3 aliphatic carbocycles. The van der Waals surface area contributed by atoms with Crippen molar-refractivity contribution < 1.29 is 9.53 Å². The predicted molar refractivity (Wildman–Crippen MR) is 88.9 cm³/mol. The molecule has 3 atom stereocenters. The van der Waals surface area contributed by atoms with E-state index in [4.69, 9.17) is 4.74 Å². The van der Waals surface area contributed by atoms with Gasteiger partial charge in [0, 0.05) is 8.07 Å². The maximum atomic E-state index is 12.8. The Hall–Kier alpha value is -0.573. The second-order valence-corrected chi connectivity index (χ2v) is 14.3. The van der Waals surface area contributed by atoms with E-state index in [0.717, 1.165) is 25.3 Å². The molecule has 2 fully saturated rings. The van der Waals surface area contributed by atoms with Crippen molar-refractivity contribution in [2.24, 2.45) is 17.8 Å². The maximum Gasteiger partial charge on any atom is 0.310 e. The lowest BCUT2D eigenvalue weighted by molar-refractivity contribution is -0.167. The number of carbonyl (C=O) groups excluding carboxylic acids is 1. The molecule has 3 aliphatic rings. The molecule has 0 aliphatic heterocycles. The summed E-state index contributed by atoms with van der Waals surface area (Å²) in [7, 11) is -1.23. The lowest BCUT2D eigenvalue weighted by Gasteiger charge is -2.41. The Morgan fingerprint density at radius 2 is 1.86 bits per heavy atom. The summed E-state index contributed by atoms with van der Waals surface area (Å²) in [5.74, 6) is 1.38. The van der Waals surface area contributed by atoms with Gasteiger partial charge in [0.05, 0.1) is 5.92 Å². The number of fused-ring (bicyclic) bond motifs is 2. The predicted octanol–water partition coefficient (Wildman–Crippen LogP) is 4.78. The van der Waals surface area contributed by atoms with Crippen LogP contribution in [0.15, 0.2) is 12.2 Å². The number of carbonyl (C=O) groups is 1. The molecule has 0 aromatic heterocycles. The fourth-order valence-corrected chi connectivity index (χ4v) is 7.18. The third-order valence-corrected chi connectivity index (χ3v) is 7.22. The first-order valence-electron chi connectivity index (χ1n) is 8.78. The molecule has 0 heterocycles. The first-order chi connectivity index (χ1) is 9.87. The number of hydrogen-bond donors (Lipinski definition) is 0. The molecule has 0 amide bonds. The van der Waals surface area contributed by atoms with E-state index in [1.807, 2.05) is 0 Å². The summed E-state index contributed by atoms with van der Waals surface area (Å²) in [6.45, 7) is 7.20. The quantitative estimate of drug-likeness (QED) is 0.424. The molecule has 2 nitrogen and oxygen atoms in total. The van der Waals surface area contributed by atoms with Gasteiger partial charge in [0.15, 0.2) is 0 Å². The highest BCUT2D eigenvalue weighted by Gasteiger charge is 2.45. The molecule has 21 heavy (non-hydrogen) atoms. The lowest BCUT2D eigenvalue weighted by atomic mass is 9.85. The molecule has 0 aromatic carbocycles. The van der Waals surface area contributed by atoms with Gasteiger partial charge in [0.1, 0.15) is 5.60 Å². The molecule has 0 saturated heterocycles. The summed E-state index contributed by atoms with van der Waals surface area (Å²) in [6.07, 6.45) is 12.7. The lowest BCUT2D eigenvalue weighted by Crippen LogP contribution is -2.45. The van der Waals surface area contributed by atoms with Gasteiger partial charge < -0.3 is 4.74 Å². The fourth-order valence-electron chi connectivity index (χ4n) is 4.82. The van der Waals surface area contributed by atoms with Gasteiger partial charge in [-0.3, -0.25) is 4.79 Å². The molecule has 118 valence electrons. The molecule has 0 spiro atoms. The second-order valence-electron chi connectivity index (χ2n) is 8.79. The van der Waals surface area contributed by atoms with E-state index >= 15 is 0 Å². The van der Waals surface area contributed by atoms with E-state index in [1.165, 1.54) is 25.7 Å². The smallest absolute Gasteiger partial charge is 0.310 e. The summed E-state index contributed by atoms with van der Waals surface area (Å²) in [5.41, 5.74) is -0.120. The minimum absolute atomic E-state index is 0.118. The van der Waals surface area contributed by atoms with Crippen LogP contribution in [0.2, 0.25) is 25.7 Å². The fraction of sp³-hybridized carbons (Fsp3) is 0.833. The highest BCUT2D eigenvalue weighted by molar-refractivity contribution is 6.76. The SMILES string of the molecule is C[Si](C)(C)CC1(OC(=O)C2CC3C=CC2C3)CCCCC1. The zero-order chi connectivity index (χ0) is 15.1. The van der Waals surface area contributed by atoms with Crippen LogP contribution < -0.4 is 0 Å². The van der Waals surface area contributed by atoms with Crippen molar-refractivity contribution in [3.05, 3.63) is 12.2 Å². The Labute approximate surface area is 130 Å². The van der Waals surface area contributed by atoms with Crippen LogP contribution in [0.25, 0.3) is 0 Å². The Bertz CT molecular complexity index is 429. The first-order valence-corrected chi connectivity index (χ1v) is 12.5. The molecule has 3 rings (SSSR count). The van der Waals surface area contributed by atoms with Gasteiger partial charge in [-0.25, -0.2) is 0 Å². The Morgan fingerprint density at radius 1 is 1.14 bits per heavy atom. The molecule has 3 unspecified atom stereocenters. The van der Waals surface area contributed by atoms with Crippen molar-refractivity contribution in [2.45, 2.75) is 76.2 Å². The normalized spacial score (nSPS) is 34.1. The van der Waals surface area contributed by atoms with E-state index in [-0.39, 0.29) is 17.5 Å². The number of rotatable bonds is 4. The van der Waals surface area contributed by atoms with Crippen molar-refractivity contribution in [1.82, 2.24) is 0 Å². The van der Waals surface area contributed by atoms with Crippen molar-refractivity contribution in [3.8, 4) is 0 Å². The molecule has 2 saturated carbocycles. The molecule has 3 heteroatoms. The average Bonchev–Trinajstić information content (AvgIpc) is 2.99. The molecular weight excluding hydrogens is 276 g/mol. The van der Waals surface area contributed by atoms with E-state index < -0.39 is 8.07 Å². The summed E-state index contributed by atoms with van der Waals surface area (Å²) >= 11 is 0. The van der Waals surface area contributed by atoms with E-state index in [9.17, 15) is 4.79 Å². The van der Waals surface area contributed by atoms with Gasteiger partial charge in [-0.15, -0.1) is 0 Å². The summed E-state index contributed by atoms with van der Waals surface area (Å²) in [4.78, 5) is 12.8. The molecular formula is C18H30O2Si. The third kappa shape index (κ3) is 3.44. The van der Waals surface area contributed by atoms with Crippen molar-refractivity contribution in [2.75, 3.05) is 0 Å². The maximum absolute atomic E-state index is 12.8. The van der Waals surface area contributed by atoms with Crippen LogP contribution >= 0.6 is 0 Å². The second kappa shape index (κ2) is 5.57. The van der Waals surface area contributed by atoms with Crippen LogP contribution in [0.3, 0.4) is 0 Å². The largest absolute Gasteiger partial charge is 0.459 e. The van der Waals surface area contributed by atoms with Crippen LogP contribution in [-0.2, 0) is 9.53 Å². The summed E-state index contributed by atoms with van der Waals surface area (Å²) in [6, 6.07) is 1.14. The number of esters is 1. The van der Waals surface area contributed by atoms with Gasteiger partial charge in [-0.05, 0) is 56.4 Å². The zero-order valence-corrected chi connectivity index (χ0v) is 14.9. The highest BCUT2D eigenvalue weighted by Crippen LogP contribution is 2.46. The Kier molecular flexibility index (Phi) is 4.06. The third-order valence-electron chi connectivity index (χ3n) is 5.52. The van der Waals surface area contributed by atoms with Crippen molar-refractivity contribution >= 4 is 14.0 Å². The van der Waals surface area contributed by atoms with E-state index in [1.54, 1.807) is 0 Å². The van der Waals surface area contributed by atoms with Gasteiger partial charge in [-0.1, -0.05) is 38.2 Å². The van der Waals surface area contributed by atoms with Crippen LogP contribution in [0.5, 0.6) is 0 Å². The van der Waals surface area contributed by atoms with Crippen LogP contribution in [0.4, 0.5) is 0 Å². The summed E-state index contributed by atoms with van der Waals surface area (Å²) in [5, 5.41) is 0. The first kappa shape index (κ1) is 15.3. The molecule has 0 radical (unpaired) electrons. The zero-order valence-electron chi connectivity index (χ0n) is 13.9. The van der Waals surface area contributed by atoms with Crippen molar-refractivity contribution in [1.29, 1.82) is 0 Å². The minimum atomic E-state index is -1.23. The highest BCUT2D eigenvalue weighted by atomic mass is 28.3. The monoisotopic (exact) mass is 306 g/mol. The molecule has 2 bridgehead atoms. The number of ether oxygens (including phenoxy) is 1. The van der Waals surface area contributed by atoms with Gasteiger partial charge in [0.2, 0.25) is 0 Å². The van der Waals surface area contributed by atoms with Crippen LogP contribution in [0, 0.1) is 17.8 Å². The summed E-state index contributed by atoms with van der Waals surface area (Å²) < 4.78 is 6.25. The standard InChI is InChI=1S/C18H30O2Si/c1-21(2,3)13-18(9-5-4-6-10-18)20-17(19)16-12-14-7-8-15(16)11-14/h7-8,14-16H,4-6,9-13H2,1-3H3. The van der Waals surface area contributed by atoms with Crippen LogP contribution in [-0.4, -0.2) is 19.6 Å². The Morgan fingerprint density at radius 3 is 2.38 bits per heavy atom. The molecule has 0 aromatic rings. The van der Waals surface area contributed by atoms with Gasteiger partial charge in [-0.2, -0.15) is 0 Å². The van der Waals surface area contributed by atoms with Crippen LogP contribution in [0.1, 0.15) is 44.9 Å². The van der Waals surface area contributed by atoms with E-state index in [0.29, 0.717) is 11.8 Å². The minimum Gasteiger partial charge on any atom is -0.459 e.